The quantitative estimate of drug-likeness (QED) is 0.741. The maximum Gasteiger partial charge on any atom is 0.197 e. The van der Waals surface area contributed by atoms with Crippen LogP contribution in [-0.2, 0) is 0 Å². The molecule has 0 fully saturated rings. The third-order valence-corrected chi connectivity index (χ3v) is 2.54. The summed E-state index contributed by atoms with van der Waals surface area (Å²) in [6.45, 7) is 3.62. The molecule has 1 aromatic heterocycles. The summed E-state index contributed by atoms with van der Waals surface area (Å²) in [5.41, 5.74) is 2.10. The average molecular weight is 229 g/mol. The Morgan fingerprint density at radius 1 is 1.18 bits per heavy atom. The van der Waals surface area contributed by atoms with Crippen molar-refractivity contribution in [2.75, 3.05) is 0 Å². The van der Waals surface area contributed by atoms with Gasteiger partial charge in [0.05, 0.1) is 5.56 Å². The second-order valence-electron chi connectivity index (χ2n) is 4.00. The van der Waals surface area contributed by atoms with E-state index >= 15 is 0 Å². The molecule has 17 heavy (non-hydrogen) atoms. The van der Waals surface area contributed by atoms with Crippen LogP contribution in [0.4, 0.5) is 4.39 Å². The number of aromatic nitrogens is 1. The number of halogens is 1. The van der Waals surface area contributed by atoms with Crippen molar-refractivity contribution in [2.24, 2.45) is 0 Å². The zero-order valence-corrected chi connectivity index (χ0v) is 9.70. The molecule has 0 unspecified atom stereocenters. The normalized spacial score (nSPS) is 10.3. The van der Waals surface area contributed by atoms with Crippen LogP contribution in [0, 0.1) is 19.7 Å². The molecule has 0 radical (unpaired) electrons. The average Bonchev–Trinajstić information content (AvgIpc) is 2.29. The van der Waals surface area contributed by atoms with Crippen LogP contribution in [0.1, 0.15) is 27.2 Å². The fourth-order valence-electron chi connectivity index (χ4n) is 1.56. The van der Waals surface area contributed by atoms with Crippen LogP contribution in [0.25, 0.3) is 0 Å². The number of hydrogen-bond donors (Lipinski definition) is 0. The van der Waals surface area contributed by atoms with Gasteiger partial charge < -0.3 is 0 Å². The van der Waals surface area contributed by atoms with Crippen LogP contribution in [-0.4, -0.2) is 10.8 Å². The Bertz CT molecular complexity index is 561. The number of carbonyl (C=O) groups is 1. The SMILES string of the molecule is Cc1ccc(C(=O)c2ccc(C)nc2)c(F)c1. The lowest BCUT2D eigenvalue weighted by molar-refractivity contribution is 0.103. The first-order valence-corrected chi connectivity index (χ1v) is 5.31. The number of benzene rings is 1. The smallest absolute Gasteiger partial charge is 0.197 e. The molecule has 0 atom stereocenters. The summed E-state index contributed by atoms with van der Waals surface area (Å²) in [6, 6.07) is 7.98. The number of hydrogen-bond acceptors (Lipinski definition) is 2. The van der Waals surface area contributed by atoms with E-state index in [9.17, 15) is 9.18 Å². The number of nitrogens with zero attached hydrogens (tertiary/aromatic N) is 1. The van der Waals surface area contributed by atoms with Gasteiger partial charge in [-0.05, 0) is 43.7 Å². The van der Waals surface area contributed by atoms with Crippen LogP contribution in [0.2, 0.25) is 0 Å². The molecule has 0 aliphatic carbocycles. The summed E-state index contributed by atoms with van der Waals surface area (Å²) < 4.78 is 13.6. The van der Waals surface area contributed by atoms with E-state index in [1.54, 1.807) is 25.1 Å². The highest BCUT2D eigenvalue weighted by Gasteiger charge is 2.13. The fraction of sp³-hybridized carbons (Fsp3) is 0.143. The number of ketones is 1. The standard InChI is InChI=1S/C14H12FNO/c1-9-3-6-12(13(15)7-9)14(17)11-5-4-10(2)16-8-11/h3-8H,1-2H3. The third kappa shape index (κ3) is 2.38. The molecule has 86 valence electrons. The molecule has 0 N–H and O–H groups in total. The molecule has 1 heterocycles. The Balaban J connectivity index is 2.40. The van der Waals surface area contributed by atoms with Gasteiger partial charge in [0.15, 0.2) is 5.78 Å². The van der Waals surface area contributed by atoms with Gasteiger partial charge in [0.1, 0.15) is 5.82 Å². The lowest BCUT2D eigenvalue weighted by Crippen LogP contribution is -2.05. The van der Waals surface area contributed by atoms with Crippen molar-refractivity contribution in [1.29, 1.82) is 0 Å². The molecule has 0 aliphatic heterocycles. The minimum Gasteiger partial charge on any atom is -0.288 e. The fourth-order valence-corrected chi connectivity index (χ4v) is 1.56. The van der Waals surface area contributed by atoms with Gasteiger partial charge in [-0.15, -0.1) is 0 Å². The molecule has 1 aromatic carbocycles. The van der Waals surface area contributed by atoms with Gasteiger partial charge in [0, 0.05) is 17.5 Å². The van der Waals surface area contributed by atoms with Crippen LogP contribution < -0.4 is 0 Å². The molecule has 3 heteroatoms. The summed E-state index contributed by atoms with van der Waals surface area (Å²) in [6.07, 6.45) is 1.47. The Morgan fingerprint density at radius 3 is 2.53 bits per heavy atom. The maximum absolute atomic E-state index is 13.6. The van der Waals surface area contributed by atoms with Crippen LogP contribution >= 0.6 is 0 Å². The van der Waals surface area contributed by atoms with Crippen molar-refractivity contribution in [3.63, 3.8) is 0 Å². The topological polar surface area (TPSA) is 30.0 Å². The monoisotopic (exact) mass is 229 g/mol. The summed E-state index contributed by atoms with van der Waals surface area (Å²) in [4.78, 5) is 16.0. The van der Waals surface area contributed by atoms with Crippen molar-refractivity contribution >= 4 is 5.78 Å². The van der Waals surface area contributed by atoms with Crippen molar-refractivity contribution in [1.82, 2.24) is 4.98 Å². The van der Waals surface area contributed by atoms with Crippen LogP contribution in [0.3, 0.4) is 0 Å². The van der Waals surface area contributed by atoms with E-state index in [0.29, 0.717) is 5.56 Å². The molecule has 0 spiro atoms. The van der Waals surface area contributed by atoms with E-state index in [1.807, 2.05) is 6.92 Å². The molecule has 2 nitrogen and oxygen atoms in total. The molecule has 0 saturated heterocycles. The summed E-state index contributed by atoms with van der Waals surface area (Å²) in [5.74, 6) is -0.828. The Kier molecular flexibility index (Phi) is 3.00. The minimum absolute atomic E-state index is 0.0845. The minimum atomic E-state index is -0.490. The van der Waals surface area contributed by atoms with Gasteiger partial charge >= 0.3 is 0 Å². The van der Waals surface area contributed by atoms with Gasteiger partial charge in [0.2, 0.25) is 0 Å². The zero-order chi connectivity index (χ0) is 12.4. The Morgan fingerprint density at radius 2 is 1.94 bits per heavy atom. The predicted molar refractivity (Wildman–Crippen MR) is 63.5 cm³/mol. The summed E-state index contributed by atoms with van der Waals surface area (Å²) >= 11 is 0. The highest BCUT2D eigenvalue weighted by atomic mass is 19.1. The molecule has 0 saturated carbocycles. The van der Waals surface area contributed by atoms with E-state index in [-0.39, 0.29) is 11.3 Å². The molecular weight excluding hydrogens is 217 g/mol. The summed E-state index contributed by atoms with van der Waals surface area (Å²) in [5, 5.41) is 0. The van der Waals surface area contributed by atoms with Crippen molar-refractivity contribution in [3.05, 3.63) is 64.7 Å². The molecule has 0 amide bonds. The number of carbonyl (C=O) groups excluding carboxylic acids is 1. The maximum atomic E-state index is 13.6. The van der Waals surface area contributed by atoms with Gasteiger partial charge in [0.25, 0.3) is 0 Å². The number of aryl methyl sites for hydroxylation is 2. The van der Waals surface area contributed by atoms with Crippen LogP contribution in [0.15, 0.2) is 36.5 Å². The Labute approximate surface area is 99.1 Å². The van der Waals surface area contributed by atoms with E-state index in [4.69, 9.17) is 0 Å². The molecule has 0 aliphatic rings. The molecule has 2 rings (SSSR count). The highest BCUT2D eigenvalue weighted by molar-refractivity contribution is 6.08. The van der Waals surface area contributed by atoms with Gasteiger partial charge in [-0.3, -0.25) is 9.78 Å². The Hall–Kier alpha value is -2.03. The van der Waals surface area contributed by atoms with E-state index < -0.39 is 5.82 Å². The third-order valence-electron chi connectivity index (χ3n) is 2.54. The van der Waals surface area contributed by atoms with Gasteiger partial charge in [-0.1, -0.05) is 6.07 Å². The predicted octanol–water partition coefficient (Wildman–Crippen LogP) is 3.07. The first-order valence-electron chi connectivity index (χ1n) is 5.31. The molecular formula is C14H12FNO. The van der Waals surface area contributed by atoms with Crippen molar-refractivity contribution in [3.8, 4) is 0 Å². The van der Waals surface area contributed by atoms with E-state index in [0.717, 1.165) is 11.3 Å². The lowest BCUT2D eigenvalue weighted by Gasteiger charge is -2.03. The van der Waals surface area contributed by atoms with E-state index in [2.05, 4.69) is 4.98 Å². The largest absolute Gasteiger partial charge is 0.288 e. The number of rotatable bonds is 2. The van der Waals surface area contributed by atoms with Gasteiger partial charge in [-0.25, -0.2) is 4.39 Å². The van der Waals surface area contributed by atoms with Crippen molar-refractivity contribution in [2.45, 2.75) is 13.8 Å². The number of pyridine rings is 1. The van der Waals surface area contributed by atoms with Crippen molar-refractivity contribution < 1.29 is 9.18 Å². The first-order chi connectivity index (χ1) is 8.08. The first kappa shape index (κ1) is 11.5. The summed E-state index contributed by atoms with van der Waals surface area (Å²) in [7, 11) is 0. The van der Waals surface area contributed by atoms with Gasteiger partial charge in [-0.2, -0.15) is 0 Å². The zero-order valence-electron chi connectivity index (χ0n) is 9.70. The second kappa shape index (κ2) is 4.45. The molecule has 0 bridgehead atoms. The molecule has 2 aromatic rings. The van der Waals surface area contributed by atoms with E-state index in [1.165, 1.54) is 18.3 Å². The highest BCUT2D eigenvalue weighted by Crippen LogP contribution is 2.14. The lowest BCUT2D eigenvalue weighted by atomic mass is 10.0. The van der Waals surface area contributed by atoms with Crippen LogP contribution in [0.5, 0.6) is 0 Å². The second-order valence-corrected chi connectivity index (χ2v) is 4.00.